The van der Waals surface area contributed by atoms with Crippen LogP contribution in [0.15, 0.2) is 0 Å². The molecule has 2 heteroatoms. The third kappa shape index (κ3) is 4.89. The van der Waals surface area contributed by atoms with Crippen molar-refractivity contribution in [2.24, 2.45) is 11.3 Å². The van der Waals surface area contributed by atoms with E-state index in [1.54, 1.807) is 7.11 Å². The molecule has 0 bridgehead atoms. The van der Waals surface area contributed by atoms with Gasteiger partial charge in [0.15, 0.2) is 0 Å². The van der Waals surface area contributed by atoms with Gasteiger partial charge in [-0.2, -0.15) is 0 Å². The van der Waals surface area contributed by atoms with E-state index in [0.717, 1.165) is 19.1 Å². The maximum Gasteiger partial charge on any atom is 0.0462 e. The van der Waals surface area contributed by atoms with Crippen molar-refractivity contribution < 1.29 is 4.74 Å². The molecule has 0 aromatic heterocycles. The Balaban J connectivity index is 2.55. The van der Waals surface area contributed by atoms with Gasteiger partial charge in [-0.3, -0.25) is 0 Å². The lowest BCUT2D eigenvalue weighted by Crippen LogP contribution is -2.45. The molecule has 0 aliphatic heterocycles. The molecule has 0 heterocycles. The summed E-state index contributed by atoms with van der Waals surface area (Å²) >= 11 is 0. The Labute approximate surface area is 114 Å². The molecule has 1 fully saturated rings. The fourth-order valence-corrected chi connectivity index (χ4v) is 3.49. The number of hydrogen-bond acceptors (Lipinski definition) is 2. The highest BCUT2D eigenvalue weighted by Gasteiger charge is 2.36. The first-order valence-corrected chi connectivity index (χ1v) is 7.84. The quantitative estimate of drug-likeness (QED) is 0.662. The number of rotatable bonds is 8. The molecule has 18 heavy (non-hydrogen) atoms. The van der Waals surface area contributed by atoms with Crippen LogP contribution in [0.4, 0.5) is 0 Å². The van der Waals surface area contributed by atoms with Crippen molar-refractivity contribution in [3.63, 3.8) is 0 Å². The molecule has 1 saturated carbocycles. The van der Waals surface area contributed by atoms with Crippen LogP contribution in [0, 0.1) is 11.3 Å². The fourth-order valence-electron chi connectivity index (χ4n) is 3.49. The van der Waals surface area contributed by atoms with E-state index in [2.05, 4.69) is 26.1 Å². The van der Waals surface area contributed by atoms with Gasteiger partial charge < -0.3 is 10.1 Å². The van der Waals surface area contributed by atoms with E-state index in [1.807, 2.05) is 0 Å². The van der Waals surface area contributed by atoms with Crippen molar-refractivity contribution in [1.29, 1.82) is 0 Å². The molecule has 1 N–H and O–H groups in total. The highest BCUT2D eigenvalue weighted by molar-refractivity contribution is 4.90. The number of methoxy groups -OCH3 is 1. The van der Waals surface area contributed by atoms with Crippen LogP contribution in [0.5, 0.6) is 0 Å². The lowest BCUT2D eigenvalue weighted by atomic mass is 9.65. The molecule has 0 saturated heterocycles. The number of ether oxygens (including phenoxy) is 1. The van der Waals surface area contributed by atoms with Crippen molar-refractivity contribution in [3.8, 4) is 0 Å². The summed E-state index contributed by atoms with van der Waals surface area (Å²) in [5.74, 6) is 0.842. The van der Waals surface area contributed by atoms with Crippen LogP contribution in [0.3, 0.4) is 0 Å². The summed E-state index contributed by atoms with van der Waals surface area (Å²) in [6.45, 7) is 9.24. The monoisotopic (exact) mass is 255 g/mol. The first-order valence-electron chi connectivity index (χ1n) is 7.84. The second-order valence-corrected chi connectivity index (χ2v) is 6.54. The third-order valence-electron chi connectivity index (χ3n) is 4.60. The molecule has 1 rings (SSSR count). The average Bonchev–Trinajstić information content (AvgIpc) is 2.34. The molecule has 2 nitrogen and oxygen atoms in total. The minimum absolute atomic E-state index is 0.511. The van der Waals surface area contributed by atoms with Crippen molar-refractivity contribution in [1.82, 2.24) is 5.32 Å². The van der Waals surface area contributed by atoms with E-state index >= 15 is 0 Å². The highest BCUT2D eigenvalue weighted by Crippen LogP contribution is 2.43. The Bertz CT molecular complexity index is 215. The lowest BCUT2D eigenvalue weighted by Gasteiger charge is -2.43. The molecule has 1 aliphatic carbocycles. The fraction of sp³-hybridized carbons (Fsp3) is 1.00. The maximum atomic E-state index is 5.21. The summed E-state index contributed by atoms with van der Waals surface area (Å²) in [6, 6.07) is 0.690. The van der Waals surface area contributed by atoms with Crippen LogP contribution in [0.25, 0.3) is 0 Å². The zero-order chi connectivity index (χ0) is 13.4. The van der Waals surface area contributed by atoms with Gasteiger partial charge >= 0.3 is 0 Å². The van der Waals surface area contributed by atoms with E-state index < -0.39 is 0 Å². The summed E-state index contributed by atoms with van der Waals surface area (Å²) < 4.78 is 5.21. The minimum atomic E-state index is 0.511. The van der Waals surface area contributed by atoms with Crippen molar-refractivity contribution in [2.75, 3.05) is 20.3 Å². The van der Waals surface area contributed by atoms with Gasteiger partial charge in [-0.1, -0.05) is 33.6 Å². The van der Waals surface area contributed by atoms with Crippen LogP contribution in [-0.4, -0.2) is 26.3 Å². The van der Waals surface area contributed by atoms with E-state index in [-0.39, 0.29) is 0 Å². The molecule has 0 aromatic rings. The summed E-state index contributed by atoms with van der Waals surface area (Å²) in [5, 5.41) is 3.80. The normalized spacial score (nSPS) is 25.0. The Morgan fingerprint density at radius 2 is 2.11 bits per heavy atom. The van der Waals surface area contributed by atoms with Gasteiger partial charge in [-0.15, -0.1) is 0 Å². The predicted molar refractivity (Wildman–Crippen MR) is 78.9 cm³/mol. The number of nitrogens with one attached hydrogen (secondary N) is 1. The van der Waals surface area contributed by atoms with Crippen LogP contribution in [-0.2, 0) is 4.74 Å². The van der Waals surface area contributed by atoms with Crippen LogP contribution in [0.2, 0.25) is 0 Å². The van der Waals surface area contributed by atoms with E-state index in [9.17, 15) is 0 Å². The summed E-state index contributed by atoms with van der Waals surface area (Å²) in [7, 11) is 1.80. The second-order valence-electron chi connectivity index (χ2n) is 6.54. The van der Waals surface area contributed by atoms with Crippen molar-refractivity contribution in [3.05, 3.63) is 0 Å². The second kappa shape index (κ2) is 8.16. The smallest absolute Gasteiger partial charge is 0.0462 e. The van der Waals surface area contributed by atoms with E-state index in [4.69, 9.17) is 4.74 Å². The van der Waals surface area contributed by atoms with Crippen molar-refractivity contribution in [2.45, 2.75) is 71.8 Å². The Hall–Kier alpha value is -0.0800. The Kier molecular flexibility index (Phi) is 7.25. The van der Waals surface area contributed by atoms with Gasteiger partial charge in [0.25, 0.3) is 0 Å². The maximum absolute atomic E-state index is 5.21. The molecular weight excluding hydrogens is 222 g/mol. The number of hydrogen-bond donors (Lipinski definition) is 1. The standard InChI is InChI=1S/C16H33NO/c1-5-12-17-15(10-8-13-18-4)14-9-6-7-11-16(14,2)3/h14-15,17H,5-13H2,1-4H3. The predicted octanol–water partition coefficient (Wildman–Crippen LogP) is 4.00. The summed E-state index contributed by atoms with van der Waals surface area (Å²) in [4.78, 5) is 0. The van der Waals surface area contributed by atoms with E-state index in [1.165, 1.54) is 44.9 Å². The molecular formula is C16H33NO. The minimum Gasteiger partial charge on any atom is -0.385 e. The molecule has 0 aromatic carbocycles. The summed E-state index contributed by atoms with van der Waals surface area (Å²) in [6.07, 6.45) is 9.32. The molecule has 0 amide bonds. The van der Waals surface area contributed by atoms with Gasteiger partial charge in [-0.25, -0.2) is 0 Å². The highest BCUT2D eigenvalue weighted by atomic mass is 16.5. The molecule has 1 aliphatic rings. The zero-order valence-electron chi connectivity index (χ0n) is 12.9. The zero-order valence-corrected chi connectivity index (χ0v) is 12.9. The first kappa shape index (κ1) is 16.0. The SMILES string of the molecule is CCCNC(CCCOC)C1CCCCC1(C)C. The molecule has 0 radical (unpaired) electrons. The van der Waals surface area contributed by atoms with Crippen molar-refractivity contribution >= 4 is 0 Å². The molecule has 2 atom stereocenters. The molecule has 0 spiro atoms. The molecule has 2 unspecified atom stereocenters. The van der Waals surface area contributed by atoms with Gasteiger partial charge in [0.05, 0.1) is 0 Å². The van der Waals surface area contributed by atoms with Crippen LogP contribution < -0.4 is 5.32 Å². The van der Waals surface area contributed by atoms with Gasteiger partial charge in [-0.05, 0) is 50.0 Å². The third-order valence-corrected chi connectivity index (χ3v) is 4.60. The van der Waals surface area contributed by atoms with Gasteiger partial charge in [0, 0.05) is 19.8 Å². The van der Waals surface area contributed by atoms with Gasteiger partial charge in [0.1, 0.15) is 0 Å². The average molecular weight is 255 g/mol. The van der Waals surface area contributed by atoms with E-state index in [0.29, 0.717) is 11.5 Å². The topological polar surface area (TPSA) is 21.3 Å². The largest absolute Gasteiger partial charge is 0.385 e. The Morgan fingerprint density at radius 3 is 2.72 bits per heavy atom. The van der Waals surface area contributed by atoms with Gasteiger partial charge in [0.2, 0.25) is 0 Å². The lowest BCUT2D eigenvalue weighted by molar-refractivity contribution is 0.0888. The van der Waals surface area contributed by atoms with Crippen LogP contribution in [0.1, 0.15) is 65.7 Å². The molecule has 108 valence electrons. The first-order chi connectivity index (χ1) is 8.61. The Morgan fingerprint density at radius 1 is 1.33 bits per heavy atom. The van der Waals surface area contributed by atoms with Crippen LogP contribution >= 0.6 is 0 Å². The summed E-state index contributed by atoms with van der Waals surface area (Å²) in [5.41, 5.74) is 0.511.